The summed E-state index contributed by atoms with van der Waals surface area (Å²) in [5.41, 5.74) is 1.89. The maximum absolute atomic E-state index is 13.2. The van der Waals surface area contributed by atoms with Gasteiger partial charge in [0.2, 0.25) is 18.2 Å². The number of rotatable bonds is 10. The van der Waals surface area contributed by atoms with Crippen molar-refractivity contribution in [3.05, 3.63) is 24.3 Å². The number of carbonyl (C=O) groups excluding carboxylic acids is 3. The number of hydrogen-bond acceptors (Lipinski definition) is 5. The summed E-state index contributed by atoms with van der Waals surface area (Å²) in [6.07, 6.45) is 7.69. The molecule has 0 aliphatic carbocycles. The first-order valence-corrected chi connectivity index (χ1v) is 11.9. The lowest BCUT2D eigenvalue weighted by Gasteiger charge is -2.29. The van der Waals surface area contributed by atoms with Crippen molar-refractivity contribution in [1.29, 1.82) is 0 Å². The van der Waals surface area contributed by atoms with E-state index in [0.29, 0.717) is 30.9 Å². The third kappa shape index (κ3) is 6.22. The van der Waals surface area contributed by atoms with Crippen LogP contribution in [-0.4, -0.2) is 65.6 Å². The van der Waals surface area contributed by atoms with Gasteiger partial charge in [-0.25, -0.2) is 5.06 Å². The van der Waals surface area contributed by atoms with Crippen molar-refractivity contribution in [2.45, 2.75) is 64.3 Å². The van der Waals surface area contributed by atoms with Crippen LogP contribution in [0.5, 0.6) is 0 Å². The molecule has 2 atom stereocenters. The van der Waals surface area contributed by atoms with E-state index < -0.39 is 12.0 Å². The lowest BCUT2D eigenvalue weighted by molar-refractivity contribution is -0.157. The van der Waals surface area contributed by atoms with Gasteiger partial charge in [-0.05, 0) is 62.8 Å². The highest BCUT2D eigenvalue weighted by Gasteiger charge is 2.37. The normalized spacial score (nSPS) is 19.5. The van der Waals surface area contributed by atoms with E-state index in [-0.39, 0.29) is 18.4 Å². The zero-order valence-electron chi connectivity index (χ0n) is 19.0. The molecule has 2 saturated heterocycles. The number of anilines is 2. The van der Waals surface area contributed by atoms with Gasteiger partial charge >= 0.3 is 0 Å². The maximum Gasteiger partial charge on any atom is 0.247 e. The molecule has 2 heterocycles. The van der Waals surface area contributed by atoms with Gasteiger partial charge in [0.15, 0.2) is 0 Å². The Hall–Kier alpha value is -2.61. The molecule has 0 aromatic heterocycles. The van der Waals surface area contributed by atoms with Crippen LogP contribution in [0.1, 0.15) is 58.3 Å². The molecule has 2 fully saturated rings. The minimum atomic E-state index is -0.531. The lowest BCUT2D eigenvalue weighted by Crippen LogP contribution is -2.47. The van der Waals surface area contributed by atoms with Gasteiger partial charge in [-0.2, -0.15) is 0 Å². The molecule has 2 aliphatic rings. The molecule has 176 valence electrons. The van der Waals surface area contributed by atoms with E-state index in [0.717, 1.165) is 38.0 Å². The van der Waals surface area contributed by atoms with Crippen LogP contribution in [-0.2, 0) is 14.4 Å². The van der Waals surface area contributed by atoms with Crippen LogP contribution in [0, 0.1) is 5.92 Å². The SMILES string of the molecule is CCCC[C@H](CN(O)C=O)C(=O)N1CCC[C@H]1C(=O)Nc1ccc(N2CCCCC2)cc1. The number of likely N-dealkylation sites (tertiary alicyclic amines) is 1. The third-order valence-corrected chi connectivity index (χ3v) is 6.48. The summed E-state index contributed by atoms with van der Waals surface area (Å²) in [7, 11) is 0. The number of amides is 3. The van der Waals surface area contributed by atoms with Gasteiger partial charge < -0.3 is 15.1 Å². The van der Waals surface area contributed by atoms with Crippen LogP contribution in [0.15, 0.2) is 24.3 Å². The second-order valence-electron chi connectivity index (χ2n) is 8.84. The van der Waals surface area contributed by atoms with Crippen LogP contribution in [0.3, 0.4) is 0 Å². The standard InChI is InChI=1S/C24H36N4O4/c1-2-3-8-19(17-27(32)18-29)24(31)28-16-7-9-22(28)23(30)25-20-10-12-21(13-11-20)26-14-5-4-6-15-26/h10-13,18-19,22,32H,2-9,14-17H2,1H3,(H,25,30)/t19-,22+/m1/s1. The van der Waals surface area contributed by atoms with Crippen molar-refractivity contribution in [3.63, 3.8) is 0 Å². The van der Waals surface area contributed by atoms with Crippen LogP contribution in [0.2, 0.25) is 0 Å². The fraction of sp³-hybridized carbons (Fsp3) is 0.625. The summed E-state index contributed by atoms with van der Waals surface area (Å²) >= 11 is 0. The zero-order chi connectivity index (χ0) is 22.9. The number of unbranched alkanes of at least 4 members (excludes halogenated alkanes) is 1. The molecule has 3 amide bonds. The van der Waals surface area contributed by atoms with Gasteiger partial charge in [-0.1, -0.05) is 19.8 Å². The number of hydrogen-bond donors (Lipinski definition) is 2. The molecule has 1 aromatic rings. The Morgan fingerprint density at radius 3 is 2.53 bits per heavy atom. The molecule has 8 nitrogen and oxygen atoms in total. The number of benzene rings is 1. The second kappa shape index (κ2) is 11.9. The smallest absolute Gasteiger partial charge is 0.247 e. The minimum absolute atomic E-state index is 0.0505. The van der Waals surface area contributed by atoms with Crippen LogP contribution < -0.4 is 10.2 Å². The van der Waals surface area contributed by atoms with Gasteiger partial charge in [-0.3, -0.25) is 19.6 Å². The van der Waals surface area contributed by atoms with E-state index >= 15 is 0 Å². The van der Waals surface area contributed by atoms with E-state index in [1.807, 2.05) is 31.2 Å². The molecular formula is C24H36N4O4. The Labute approximate surface area is 190 Å². The maximum atomic E-state index is 13.2. The number of piperidine rings is 1. The summed E-state index contributed by atoms with van der Waals surface area (Å²) in [6.45, 7) is 4.63. The van der Waals surface area contributed by atoms with Gasteiger partial charge in [-0.15, -0.1) is 0 Å². The highest BCUT2D eigenvalue weighted by atomic mass is 16.5. The second-order valence-corrected chi connectivity index (χ2v) is 8.84. The Kier molecular flexibility index (Phi) is 8.90. The molecule has 32 heavy (non-hydrogen) atoms. The van der Waals surface area contributed by atoms with Crippen molar-refractivity contribution in [1.82, 2.24) is 9.96 Å². The van der Waals surface area contributed by atoms with Crippen LogP contribution in [0.25, 0.3) is 0 Å². The Morgan fingerprint density at radius 2 is 1.88 bits per heavy atom. The predicted octanol–water partition coefficient (Wildman–Crippen LogP) is 3.26. The molecule has 0 radical (unpaired) electrons. The van der Waals surface area contributed by atoms with Gasteiger partial charge in [0.25, 0.3) is 0 Å². The first-order valence-electron chi connectivity index (χ1n) is 11.9. The quantitative estimate of drug-likeness (QED) is 0.328. The monoisotopic (exact) mass is 444 g/mol. The van der Waals surface area contributed by atoms with Crippen molar-refractivity contribution in [3.8, 4) is 0 Å². The molecule has 0 saturated carbocycles. The summed E-state index contributed by atoms with van der Waals surface area (Å²) < 4.78 is 0. The summed E-state index contributed by atoms with van der Waals surface area (Å²) in [6, 6.07) is 7.38. The molecule has 0 spiro atoms. The highest BCUT2D eigenvalue weighted by molar-refractivity contribution is 5.98. The predicted molar refractivity (Wildman–Crippen MR) is 123 cm³/mol. The number of nitrogens with one attached hydrogen (secondary N) is 1. The summed E-state index contributed by atoms with van der Waals surface area (Å²) in [5.74, 6) is -0.869. The van der Waals surface area contributed by atoms with Gasteiger partial charge in [0.05, 0.1) is 12.5 Å². The largest absolute Gasteiger partial charge is 0.372 e. The van der Waals surface area contributed by atoms with E-state index in [1.54, 1.807) is 4.90 Å². The minimum Gasteiger partial charge on any atom is -0.372 e. The van der Waals surface area contributed by atoms with Crippen molar-refractivity contribution < 1.29 is 19.6 Å². The number of carbonyl (C=O) groups is 3. The fourth-order valence-electron chi connectivity index (χ4n) is 4.68. The summed E-state index contributed by atoms with van der Waals surface area (Å²) in [4.78, 5) is 41.0. The molecule has 2 aliphatic heterocycles. The van der Waals surface area contributed by atoms with E-state index in [9.17, 15) is 19.6 Å². The van der Waals surface area contributed by atoms with Crippen LogP contribution >= 0.6 is 0 Å². The Balaban J connectivity index is 1.62. The average molecular weight is 445 g/mol. The topological polar surface area (TPSA) is 93.2 Å². The van der Waals surface area contributed by atoms with Gasteiger partial charge in [0.1, 0.15) is 6.04 Å². The van der Waals surface area contributed by atoms with Crippen molar-refractivity contribution in [2.75, 3.05) is 36.4 Å². The first-order chi connectivity index (χ1) is 15.5. The molecule has 2 N–H and O–H groups in total. The molecule has 3 rings (SSSR count). The fourth-order valence-corrected chi connectivity index (χ4v) is 4.68. The molecule has 1 aromatic carbocycles. The van der Waals surface area contributed by atoms with Crippen LogP contribution in [0.4, 0.5) is 11.4 Å². The van der Waals surface area contributed by atoms with E-state index in [1.165, 1.54) is 24.9 Å². The average Bonchev–Trinajstić information content (AvgIpc) is 3.32. The van der Waals surface area contributed by atoms with Crippen molar-refractivity contribution >= 4 is 29.6 Å². The Morgan fingerprint density at radius 1 is 1.16 bits per heavy atom. The van der Waals surface area contributed by atoms with E-state index in [4.69, 9.17) is 0 Å². The number of hydroxylamine groups is 2. The molecular weight excluding hydrogens is 408 g/mol. The van der Waals surface area contributed by atoms with Crippen molar-refractivity contribution in [2.24, 2.45) is 5.92 Å². The highest BCUT2D eigenvalue weighted by Crippen LogP contribution is 2.25. The first kappa shape index (κ1) is 24.0. The Bertz CT molecular complexity index is 764. The zero-order valence-corrected chi connectivity index (χ0v) is 19.0. The molecule has 0 bridgehead atoms. The van der Waals surface area contributed by atoms with E-state index in [2.05, 4.69) is 10.2 Å². The molecule has 0 unspecified atom stereocenters. The van der Waals surface area contributed by atoms with Gasteiger partial charge in [0, 0.05) is 31.0 Å². The number of nitrogens with zero attached hydrogens (tertiary/aromatic N) is 3. The third-order valence-electron chi connectivity index (χ3n) is 6.48. The summed E-state index contributed by atoms with van der Waals surface area (Å²) in [5, 5.41) is 13.1. The molecule has 8 heteroatoms. The lowest BCUT2D eigenvalue weighted by atomic mass is 9.99.